The number of alkyl halides is 1. The first-order valence-electron chi connectivity index (χ1n) is 12.8. The van der Waals surface area contributed by atoms with Gasteiger partial charge in [-0.2, -0.15) is 0 Å². The Hall–Kier alpha value is -1.79. The molecule has 0 radical (unpaired) electrons. The molecule has 3 saturated carbocycles. The quantitative estimate of drug-likeness (QED) is 0.309. The van der Waals surface area contributed by atoms with Crippen molar-refractivity contribution >= 4 is 33.5 Å². The van der Waals surface area contributed by atoms with Crippen LogP contribution >= 0.6 is 15.9 Å². The van der Waals surface area contributed by atoms with Crippen molar-refractivity contribution in [1.82, 2.24) is 0 Å². The Balaban J connectivity index is 0.00000156. The Kier molecular flexibility index (Phi) is 6.77. The molecule has 0 bridgehead atoms. The highest BCUT2D eigenvalue weighted by atomic mass is 79.9. The summed E-state index contributed by atoms with van der Waals surface area (Å²) in [7, 11) is 0. The van der Waals surface area contributed by atoms with E-state index in [1.807, 2.05) is 13.0 Å². The predicted molar refractivity (Wildman–Crippen MR) is 140 cm³/mol. The number of aliphatic hydroxyl groups excluding tert-OH is 1. The van der Waals surface area contributed by atoms with Gasteiger partial charge in [0, 0.05) is 17.8 Å². The van der Waals surface area contributed by atoms with Gasteiger partial charge in [0.25, 0.3) is 0 Å². The van der Waals surface area contributed by atoms with Gasteiger partial charge in [-0.1, -0.05) is 48.4 Å². The number of terminal acetylenes is 1. The van der Waals surface area contributed by atoms with Crippen molar-refractivity contribution < 1.29 is 33.7 Å². The molecule has 0 amide bonds. The van der Waals surface area contributed by atoms with Crippen LogP contribution in [0.5, 0.6) is 0 Å². The molecule has 37 heavy (non-hydrogen) atoms. The summed E-state index contributed by atoms with van der Waals surface area (Å²) in [6, 6.07) is 0. The highest BCUT2D eigenvalue weighted by Gasteiger charge is 2.79. The molecule has 1 N–H and O–H groups in total. The van der Waals surface area contributed by atoms with E-state index in [1.165, 1.54) is 6.92 Å². The van der Waals surface area contributed by atoms with E-state index >= 15 is 0 Å². The lowest BCUT2D eigenvalue weighted by Gasteiger charge is -2.65. The molecule has 4 fully saturated rings. The standard InChI is InChI=1S/C27H35BrO7.C2H2/c1-14-9-19-18-11-22-27(35-23(3,4)34-22,21(32)13-33-15(2)29)25(18,6)12-20(31)26(19,28)24(5)8-7-16(30)10-17(14)24;1-2/h7-8,10,14,18-20,22,31H,9,11-13H2,1-6H3;1-2H/t14-,18?,19?,20?,22+,24?,25?,26-,27?;/m0./s1. The molecule has 0 aromatic rings. The van der Waals surface area contributed by atoms with Crippen molar-refractivity contribution in [2.45, 2.75) is 88.7 Å². The Morgan fingerprint density at radius 3 is 2.46 bits per heavy atom. The van der Waals surface area contributed by atoms with E-state index in [4.69, 9.17) is 14.2 Å². The van der Waals surface area contributed by atoms with E-state index < -0.39 is 44.7 Å². The van der Waals surface area contributed by atoms with Gasteiger partial charge < -0.3 is 19.3 Å². The van der Waals surface area contributed by atoms with Gasteiger partial charge in [-0.3, -0.25) is 14.4 Å². The minimum Gasteiger partial charge on any atom is -0.458 e. The first-order valence-corrected chi connectivity index (χ1v) is 13.6. The average molecular weight is 578 g/mol. The van der Waals surface area contributed by atoms with Crippen LogP contribution < -0.4 is 0 Å². The zero-order valence-corrected chi connectivity index (χ0v) is 24.0. The molecule has 9 atom stereocenters. The van der Waals surface area contributed by atoms with E-state index in [2.05, 4.69) is 42.6 Å². The summed E-state index contributed by atoms with van der Waals surface area (Å²) < 4.78 is 17.3. The van der Waals surface area contributed by atoms with Crippen LogP contribution in [0.1, 0.15) is 60.8 Å². The molecular formula is C29H37BrO7. The highest BCUT2D eigenvalue weighted by molar-refractivity contribution is 9.10. The molecule has 202 valence electrons. The normalized spacial score (nSPS) is 46.8. The zero-order chi connectivity index (χ0) is 27.8. The van der Waals surface area contributed by atoms with Crippen LogP contribution in [-0.2, 0) is 28.6 Å². The number of Topliss-reactive ketones (excluding diaryl/α,β-unsaturated/α-hetero) is 1. The van der Waals surface area contributed by atoms with E-state index in [0.29, 0.717) is 12.8 Å². The number of halogens is 1. The van der Waals surface area contributed by atoms with Gasteiger partial charge in [0.1, 0.15) is 0 Å². The Labute approximate surface area is 227 Å². The van der Waals surface area contributed by atoms with Crippen LogP contribution in [0.15, 0.2) is 23.8 Å². The number of aliphatic hydroxyl groups is 1. The van der Waals surface area contributed by atoms with Crippen molar-refractivity contribution in [2.24, 2.45) is 28.6 Å². The van der Waals surface area contributed by atoms with Gasteiger partial charge in [-0.05, 0) is 63.0 Å². The second kappa shape index (κ2) is 8.87. The van der Waals surface area contributed by atoms with Crippen LogP contribution in [-0.4, -0.2) is 57.2 Å². The van der Waals surface area contributed by atoms with Crippen LogP contribution in [0.2, 0.25) is 0 Å². The number of allylic oxidation sites excluding steroid dienone is 4. The van der Waals surface area contributed by atoms with Crippen LogP contribution in [0, 0.1) is 41.4 Å². The fourth-order valence-corrected chi connectivity index (χ4v) is 9.50. The third kappa shape index (κ3) is 3.61. The summed E-state index contributed by atoms with van der Waals surface area (Å²) in [6.07, 6.45) is 13.6. The van der Waals surface area contributed by atoms with Crippen molar-refractivity contribution in [3.63, 3.8) is 0 Å². The monoisotopic (exact) mass is 576 g/mol. The molecule has 1 saturated heterocycles. The maximum atomic E-state index is 13.8. The average Bonchev–Trinajstić information content (AvgIpc) is 3.23. The smallest absolute Gasteiger partial charge is 0.303 e. The third-order valence-electron chi connectivity index (χ3n) is 9.78. The first-order chi connectivity index (χ1) is 17.1. The number of hydrogen-bond acceptors (Lipinski definition) is 7. The number of fused-ring (bicyclic) bond motifs is 7. The topological polar surface area (TPSA) is 99.1 Å². The van der Waals surface area contributed by atoms with Crippen molar-refractivity contribution in [1.29, 1.82) is 0 Å². The second-order valence-corrected chi connectivity index (χ2v) is 13.4. The van der Waals surface area contributed by atoms with Crippen molar-refractivity contribution in [2.75, 3.05) is 6.61 Å². The molecule has 5 rings (SSSR count). The van der Waals surface area contributed by atoms with Crippen molar-refractivity contribution in [3.05, 3.63) is 23.8 Å². The largest absolute Gasteiger partial charge is 0.458 e. The SMILES string of the molecule is C#C.CC(=O)OCC(=O)C12OC(C)(C)O[C@@H]1CC1C3C[C@H](C)C4=CC(=O)C=CC4(C)[C@@]3(Br)C(O)CC12C. The minimum absolute atomic E-state index is 0.000457. The highest BCUT2D eigenvalue weighted by Crippen LogP contribution is 2.73. The lowest BCUT2D eigenvalue weighted by atomic mass is 9.44. The predicted octanol–water partition coefficient (Wildman–Crippen LogP) is 3.91. The number of ether oxygens (including phenoxy) is 3. The lowest BCUT2D eigenvalue weighted by molar-refractivity contribution is -0.222. The summed E-state index contributed by atoms with van der Waals surface area (Å²) in [4.78, 5) is 37.6. The number of ketones is 2. The van der Waals surface area contributed by atoms with Gasteiger partial charge in [-0.25, -0.2) is 0 Å². The molecule has 4 aliphatic carbocycles. The molecule has 5 aliphatic rings. The summed E-state index contributed by atoms with van der Waals surface area (Å²) in [5.41, 5.74) is -1.59. The zero-order valence-electron chi connectivity index (χ0n) is 22.4. The number of esters is 1. The number of rotatable bonds is 3. The van der Waals surface area contributed by atoms with E-state index in [-0.39, 0.29) is 35.9 Å². The summed E-state index contributed by atoms with van der Waals surface area (Å²) in [6.45, 7) is 10.7. The number of hydrogen-bond donors (Lipinski definition) is 1. The molecule has 1 heterocycles. The third-order valence-corrected chi connectivity index (χ3v) is 11.7. The van der Waals surface area contributed by atoms with Gasteiger partial charge in [0.05, 0.1) is 16.5 Å². The molecule has 8 heteroatoms. The maximum Gasteiger partial charge on any atom is 0.303 e. The summed E-state index contributed by atoms with van der Waals surface area (Å²) in [5, 5.41) is 11.9. The van der Waals surface area contributed by atoms with Gasteiger partial charge in [0.2, 0.25) is 5.78 Å². The minimum atomic E-state index is -1.33. The van der Waals surface area contributed by atoms with Crippen LogP contribution in [0.25, 0.3) is 0 Å². The van der Waals surface area contributed by atoms with Crippen LogP contribution in [0.4, 0.5) is 0 Å². The van der Waals surface area contributed by atoms with Gasteiger partial charge >= 0.3 is 5.97 Å². The fourth-order valence-electron chi connectivity index (χ4n) is 8.47. The van der Waals surface area contributed by atoms with E-state index in [0.717, 1.165) is 12.0 Å². The summed E-state index contributed by atoms with van der Waals surface area (Å²) in [5.74, 6) is -1.73. The molecular weight excluding hydrogens is 540 g/mol. The number of carbonyl (C=O) groups excluding carboxylic acids is 3. The van der Waals surface area contributed by atoms with Gasteiger partial charge in [0.15, 0.2) is 23.8 Å². The van der Waals surface area contributed by atoms with Gasteiger partial charge in [-0.15, -0.1) is 12.8 Å². The van der Waals surface area contributed by atoms with E-state index in [9.17, 15) is 19.5 Å². The fraction of sp³-hybridized carbons (Fsp3) is 0.690. The van der Waals surface area contributed by atoms with Crippen molar-refractivity contribution in [3.8, 4) is 12.8 Å². The summed E-state index contributed by atoms with van der Waals surface area (Å²) >= 11 is 4.06. The second-order valence-electron chi connectivity index (χ2n) is 12.1. The molecule has 7 nitrogen and oxygen atoms in total. The maximum absolute atomic E-state index is 13.8. The Morgan fingerprint density at radius 1 is 1.19 bits per heavy atom. The molecule has 0 aromatic heterocycles. The number of carbonyl (C=O) groups is 3. The molecule has 1 aliphatic heterocycles. The molecule has 0 spiro atoms. The lowest BCUT2D eigenvalue weighted by Crippen LogP contribution is -2.70. The van der Waals surface area contributed by atoms with E-state index in [1.54, 1.807) is 26.0 Å². The molecule has 6 unspecified atom stereocenters. The first kappa shape index (κ1) is 28.2. The Bertz CT molecular complexity index is 1110. The molecule has 0 aromatic carbocycles. The van der Waals surface area contributed by atoms with Crippen LogP contribution in [0.3, 0.4) is 0 Å². The Morgan fingerprint density at radius 2 is 1.84 bits per heavy atom.